The number of carbonyl (C=O) groups is 1. The van der Waals surface area contributed by atoms with Gasteiger partial charge < -0.3 is 19.7 Å². The Balaban J connectivity index is 3.73. The lowest BCUT2D eigenvalue weighted by molar-refractivity contribution is 0.0720. The standard InChI is InChI=1S/C26H53BrNO7P/c1-3-5-6-7-8-9-10-11-12-13-14-15-16-17-18-19-21-32-23-25(28-26(29)33-4-2)24-35-36(30,31)34-22-20-27/h25H,3-24H2,1-2H3,(H,28,29)(H,30,31). The lowest BCUT2D eigenvalue weighted by atomic mass is 10.0. The van der Waals surface area contributed by atoms with Crippen molar-refractivity contribution in [2.45, 2.75) is 123 Å². The van der Waals surface area contributed by atoms with E-state index in [1.165, 1.54) is 89.9 Å². The maximum atomic E-state index is 11.8. The number of ether oxygens (including phenoxy) is 2. The summed E-state index contributed by atoms with van der Waals surface area (Å²) in [6.45, 7) is 4.75. The number of unbranched alkanes of at least 4 members (excludes halogenated alkanes) is 15. The van der Waals surface area contributed by atoms with Gasteiger partial charge in [-0.25, -0.2) is 9.36 Å². The topological polar surface area (TPSA) is 103 Å². The van der Waals surface area contributed by atoms with E-state index in [1.807, 2.05) is 0 Å². The molecule has 0 saturated carbocycles. The van der Waals surface area contributed by atoms with E-state index in [9.17, 15) is 14.3 Å². The molecule has 0 heterocycles. The van der Waals surface area contributed by atoms with E-state index in [1.54, 1.807) is 6.92 Å². The van der Waals surface area contributed by atoms with Gasteiger partial charge in [0.2, 0.25) is 0 Å². The highest BCUT2D eigenvalue weighted by molar-refractivity contribution is 9.09. The highest BCUT2D eigenvalue weighted by atomic mass is 79.9. The first-order valence-corrected chi connectivity index (χ1v) is 16.8. The minimum atomic E-state index is -4.18. The minimum absolute atomic E-state index is 0.0412. The molecule has 216 valence electrons. The Morgan fingerprint density at radius 1 is 0.778 bits per heavy atom. The van der Waals surface area contributed by atoms with Crippen LogP contribution in [0.15, 0.2) is 0 Å². The van der Waals surface area contributed by atoms with Gasteiger partial charge in [0.1, 0.15) is 0 Å². The van der Waals surface area contributed by atoms with Gasteiger partial charge in [-0.3, -0.25) is 9.05 Å². The van der Waals surface area contributed by atoms with Crippen LogP contribution in [0.1, 0.15) is 117 Å². The summed E-state index contributed by atoms with van der Waals surface area (Å²) in [6.07, 6.45) is 20.4. The van der Waals surface area contributed by atoms with Crippen molar-refractivity contribution in [2.75, 3.05) is 38.4 Å². The number of amides is 1. The zero-order chi connectivity index (χ0) is 26.7. The molecule has 0 radical (unpaired) electrons. The zero-order valence-electron chi connectivity index (χ0n) is 22.9. The fourth-order valence-corrected chi connectivity index (χ4v) is 5.00. The largest absolute Gasteiger partial charge is 0.472 e. The summed E-state index contributed by atoms with van der Waals surface area (Å²) in [5.41, 5.74) is 0. The predicted octanol–water partition coefficient (Wildman–Crippen LogP) is 7.91. The van der Waals surface area contributed by atoms with Gasteiger partial charge >= 0.3 is 13.9 Å². The molecule has 1 amide bonds. The van der Waals surface area contributed by atoms with Crippen LogP contribution >= 0.6 is 23.8 Å². The number of alkyl halides is 1. The molecule has 2 unspecified atom stereocenters. The molecular weight excluding hydrogens is 549 g/mol. The molecule has 0 spiro atoms. The quantitative estimate of drug-likeness (QED) is 0.0560. The molecule has 10 heteroatoms. The van der Waals surface area contributed by atoms with Crippen LogP contribution in [0.25, 0.3) is 0 Å². The molecule has 0 saturated heterocycles. The summed E-state index contributed by atoms with van der Waals surface area (Å²) >= 11 is 3.12. The molecule has 0 aromatic carbocycles. The number of hydrogen-bond acceptors (Lipinski definition) is 6. The van der Waals surface area contributed by atoms with Crippen molar-refractivity contribution in [1.82, 2.24) is 5.32 Å². The van der Waals surface area contributed by atoms with E-state index in [4.69, 9.17) is 18.5 Å². The van der Waals surface area contributed by atoms with Gasteiger partial charge in [-0.1, -0.05) is 119 Å². The number of phosphoric acid groups is 1. The Hall–Kier alpha value is -0.180. The van der Waals surface area contributed by atoms with Crippen molar-refractivity contribution < 1.29 is 32.8 Å². The lowest BCUT2D eigenvalue weighted by Gasteiger charge is -2.20. The normalized spacial score (nSPS) is 13.9. The molecule has 2 N–H and O–H groups in total. The maximum Gasteiger partial charge on any atom is 0.472 e. The van der Waals surface area contributed by atoms with Crippen LogP contribution in [-0.4, -0.2) is 55.4 Å². The molecule has 0 rings (SSSR count). The average Bonchev–Trinajstić information content (AvgIpc) is 2.85. The number of carbonyl (C=O) groups excluding carboxylic acids is 1. The van der Waals surface area contributed by atoms with E-state index >= 15 is 0 Å². The third-order valence-corrected chi connectivity index (χ3v) is 7.14. The molecule has 0 aliphatic carbocycles. The number of rotatable bonds is 27. The highest BCUT2D eigenvalue weighted by Crippen LogP contribution is 2.43. The van der Waals surface area contributed by atoms with Crippen molar-refractivity contribution >= 4 is 29.8 Å². The molecule has 0 fully saturated rings. The minimum Gasteiger partial charge on any atom is -0.450 e. The SMILES string of the molecule is CCCCCCCCCCCCCCCCCCOCC(COP(=O)(O)OCCBr)NC(=O)OCC. The summed E-state index contributed by atoms with van der Waals surface area (Å²) in [5.74, 6) is 0. The third kappa shape index (κ3) is 25.5. The Morgan fingerprint density at radius 3 is 1.75 bits per heavy atom. The summed E-state index contributed by atoms with van der Waals surface area (Å²) in [4.78, 5) is 21.4. The van der Waals surface area contributed by atoms with Crippen molar-refractivity contribution in [3.8, 4) is 0 Å². The number of alkyl carbamates (subject to hydrolysis) is 1. The van der Waals surface area contributed by atoms with E-state index in [0.717, 1.165) is 12.8 Å². The van der Waals surface area contributed by atoms with Crippen LogP contribution in [0.2, 0.25) is 0 Å². The Morgan fingerprint density at radius 2 is 1.28 bits per heavy atom. The maximum absolute atomic E-state index is 11.8. The molecule has 0 aromatic heterocycles. The molecule has 2 atom stereocenters. The van der Waals surface area contributed by atoms with Gasteiger partial charge in [-0.05, 0) is 13.3 Å². The molecule has 0 bridgehead atoms. The summed E-state index contributed by atoms with van der Waals surface area (Å²) < 4.78 is 32.1. The lowest BCUT2D eigenvalue weighted by Crippen LogP contribution is -2.41. The first kappa shape index (κ1) is 35.8. The van der Waals surface area contributed by atoms with Crippen LogP contribution in [-0.2, 0) is 23.1 Å². The number of phosphoric ester groups is 1. The predicted molar refractivity (Wildman–Crippen MR) is 150 cm³/mol. The van der Waals surface area contributed by atoms with Gasteiger partial charge in [-0.2, -0.15) is 0 Å². The van der Waals surface area contributed by atoms with Gasteiger partial charge in [0.15, 0.2) is 0 Å². The Bertz CT molecular complexity index is 542. The molecular formula is C26H53BrNO7P. The number of halogens is 1. The number of hydrogen-bond donors (Lipinski definition) is 2. The fraction of sp³-hybridized carbons (Fsp3) is 0.962. The summed E-state index contributed by atoms with van der Waals surface area (Å²) in [5, 5.41) is 3.01. The van der Waals surface area contributed by atoms with Gasteiger partial charge in [-0.15, -0.1) is 0 Å². The molecule has 8 nitrogen and oxygen atoms in total. The smallest absolute Gasteiger partial charge is 0.450 e. The second-order valence-corrected chi connectivity index (χ2v) is 11.5. The van der Waals surface area contributed by atoms with Crippen LogP contribution < -0.4 is 5.32 Å². The zero-order valence-corrected chi connectivity index (χ0v) is 25.3. The van der Waals surface area contributed by atoms with E-state index in [0.29, 0.717) is 11.9 Å². The highest BCUT2D eigenvalue weighted by Gasteiger charge is 2.24. The van der Waals surface area contributed by atoms with E-state index < -0.39 is 20.0 Å². The van der Waals surface area contributed by atoms with Crippen LogP contribution in [0, 0.1) is 0 Å². The van der Waals surface area contributed by atoms with E-state index in [-0.39, 0.29) is 26.4 Å². The number of nitrogens with one attached hydrogen (secondary N) is 1. The van der Waals surface area contributed by atoms with Crippen molar-refractivity contribution in [3.05, 3.63) is 0 Å². The second kappa shape index (κ2) is 26.4. The monoisotopic (exact) mass is 601 g/mol. The molecule has 0 aliphatic rings. The second-order valence-electron chi connectivity index (χ2n) is 9.23. The molecule has 0 aliphatic heterocycles. The van der Waals surface area contributed by atoms with Crippen molar-refractivity contribution in [2.24, 2.45) is 0 Å². The van der Waals surface area contributed by atoms with Gasteiger partial charge in [0, 0.05) is 11.9 Å². The van der Waals surface area contributed by atoms with Crippen LogP contribution in [0.4, 0.5) is 4.79 Å². The first-order valence-electron chi connectivity index (χ1n) is 14.1. The van der Waals surface area contributed by atoms with Gasteiger partial charge in [0.25, 0.3) is 0 Å². The van der Waals surface area contributed by atoms with Crippen LogP contribution in [0.3, 0.4) is 0 Å². The van der Waals surface area contributed by atoms with Crippen molar-refractivity contribution in [1.29, 1.82) is 0 Å². The Labute approximate surface area is 228 Å². The fourth-order valence-electron chi connectivity index (χ4n) is 3.82. The Kier molecular flexibility index (Phi) is 26.3. The van der Waals surface area contributed by atoms with Crippen LogP contribution in [0.5, 0.6) is 0 Å². The average molecular weight is 603 g/mol. The molecule has 36 heavy (non-hydrogen) atoms. The molecule has 0 aromatic rings. The summed E-state index contributed by atoms with van der Waals surface area (Å²) in [6, 6.07) is -0.613. The summed E-state index contributed by atoms with van der Waals surface area (Å²) in [7, 11) is -4.18. The van der Waals surface area contributed by atoms with Crippen molar-refractivity contribution in [3.63, 3.8) is 0 Å². The van der Waals surface area contributed by atoms with E-state index in [2.05, 4.69) is 28.2 Å². The first-order chi connectivity index (χ1) is 17.4. The van der Waals surface area contributed by atoms with Gasteiger partial charge in [0.05, 0.1) is 32.5 Å². The third-order valence-electron chi connectivity index (χ3n) is 5.83.